The van der Waals surface area contributed by atoms with Crippen molar-refractivity contribution in [2.75, 3.05) is 5.32 Å². The first-order valence-electron chi connectivity index (χ1n) is 7.16. The molecule has 114 valence electrons. The monoisotopic (exact) mass is 291 g/mol. The van der Waals surface area contributed by atoms with Crippen molar-refractivity contribution in [3.63, 3.8) is 0 Å². The number of hydrogen-bond acceptors (Lipinski definition) is 4. The number of anilines is 1. The van der Waals surface area contributed by atoms with Gasteiger partial charge >= 0.3 is 5.97 Å². The van der Waals surface area contributed by atoms with Gasteiger partial charge in [-0.3, -0.25) is 9.59 Å². The second-order valence-electron chi connectivity index (χ2n) is 5.70. The average molecular weight is 291 g/mol. The van der Waals surface area contributed by atoms with Gasteiger partial charge in [-0.2, -0.15) is 0 Å². The summed E-state index contributed by atoms with van der Waals surface area (Å²) in [5.41, 5.74) is 7.47. The second-order valence-corrected chi connectivity index (χ2v) is 5.70. The smallest absolute Gasteiger partial charge is 0.306 e. The average Bonchev–Trinajstić information content (AvgIpc) is 2.37. The third-order valence-corrected chi connectivity index (χ3v) is 4.01. The number of rotatable bonds is 4. The van der Waals surface area contributed by atoms with Gasteiger partial charge in [0.05, 0.1) is 11.5 Å². The van der Waals surface area contributed by atoms with E-state index in [-0.39, 0.29) is 12.0 Å². The Morgan fingerprint density at radius 3 is 2.43 bits per heavy atom. The Hall–Kier alpha value is -2.11. The van der Waals surface area contributed by atoms with E-state index < -0.39 is 11.9 Å². The van der Waals surface area contributed by atoms with Gasteiger partial charge in [0.1, 0.15) is 5.82 Å². The first-order valence-corrected chi connectivity index (χ1v) is 7.16. The summed E-state index contributed by atoms with van der Waals surface area (Å²) in [7, 11) is 0. The maximum atomic E-state index is 11.6. The highest BCUT2D eigenvalue weighted by molar-refractivity contribution is 5.99. The predicted octanol–water partition coefficient (Wildman–Crippen LogP) is 1.85. The van der Waals surface area contributed by atoms with E-state index in [1.165, 1.54) is 0 Å². The van der Waals surface area contributed by atoms with Crippen LogP contribution in [0, 0.1) is 19.8 Å². The molecule has 1 aliphatic rings. The van der Waals surface area contributed by atoms with Crippen molar-refractivity contribution in [1.82, 2.24) is 4.98 Å². The molecule has 0 unspecified atom stereocenters. The number of nitrogens with two attached hydrogens (primary N) is 1. The normalized spacial score (nSPS) is 21.8. The van der Waals surface area contributed by atoms with Crippen LogP contribution in [0.3, 0.4) is 0 Å². The second kappa shape index (κ2) is 6.11. The molecule has 1 heterocycles. The number of primary amides is 1. The molecule has 1 fully saturated rings. The van der Waals surface area contributed by atoms with Crippen molar-refractivity contribution < 1.29 is 14.7 Å². The molecule has 4 N–H and O–H groups in total. The van der Waals surface area contributed by atoms with Crippen LogP contribution < -0.4 is 11.1 Å². The highest BCUT2D eigenvalue weighted by Crippen LogP contribution is 2.28. The summed E-state index contributed by atoms with van der Waals surface area (Å²) in [6.45, 7) is 3.70. The molecule has 0 atom stereocenters. The Morgan fingerprint density at radius 2 is 1.90 bits per heavy atom. The third kappa shape index (κ3) is 3.51. The van der Waals surface area contributed by atoms with Crippen molar-refractivity contribution in [2.24, 2.45) is 11.7 Å². The number of carbonyl (C=O) groups is 2. The van der Waals surface area contributed by atoms with Crippen LogP contribution in [0.2, 0.25) is 0 Å². The van der Waals surface area contributed by atoms with E-state index in [0.29, 0.717) is 24.2 Å². The molecule has 0 aromatic carbocycles. The molecule has 2 rings (SSSR count). The maximum Gasteiger partial charge on any atom is 0.306 e. The number of nitrogens with zero attached hydrogens (tertiary/aromatic N) is 1. The molecule has 6 heteroatoms. The van der Waals surface area contributed by atoms with Crippen molar-refractivity contribution in [3.05, 3.63) is 22.9 Å². The Bertz CT molecular complexity index is 564. The summed E-state index contributed by atoms with van der Waals surface area (Å²) < 4.78 is 0. The number of carbonyl (C=O) groups excluding carboxylic acids is 1. The summed E-state index contributed by atoms with van der Waals surface area (Å²) in [6, 6.07) is 1.96. The van der Waals surface area contributed by atoms with Crippen LogP contribution in [0.1, 0.15) is 47.3 Å². The van der Waals surface area contributed by atoms with Crippen LogP contribution in [0.15, 0.2) is 6.07 Å². The Balaban J connectivity index is 2.13. The lowest BCUT2D eigenvalue weighted by Gasteiger charge is -2.28. The lowest BCUT2D eigenvalue weighted by atomic mass is 9.86. The van der Waals surface area contributed by atoms with E-state index in [0.717, 1.165) is 24.1 Å². The molecule has 1 saturated carbocycles. The summed E-state index contributed by atoms with van der Waals surface area (Å²) in [5.74, 6) is -0.970. The topological polar surface area (TPSA) is 105 Å². The highest BCUT2D eigenvalue weighted by atomic mass is 16.4. The molecule has 0 spiro atoms. The zero-order chi connectivity index (χ0) is 15.6. The van der Waals surface area contributed by atoms with Gasteiger partial charge in [-0.15, -0.1) is 0 Å². The minimum Gasteiger partial charge on any atom is -0.481 e. The molecule has 0 saturated heterocycles. The fourth-order valence-corrected chi connectivity index (χ4v) is 2.93. The molecule has 21 heavy (non-hydrogen) atoms. The van der Waals surface area contributed by atoms with Gasteiger partial charge in [0, 0.05) is 11.7 Å². The van der Waals surface area contributed by atoms with Crippen LogP contribution >= 0.6 is 0 Å². The van der Waals surface area contributed by atoms with Gasteiger partial charge in [-0.1, -0.05) is 0 Å². The van der Waals surface area contributed by atoms with Gasteiger partial charge in [-0.25, -0.2) is 4.98 Å². The van der Waals surface area contributed by atoms with Gasteiger partial charge < -0.3 is 16.2 Å². The standard InChI is InChI=1S/C15H21N3O3/c1-8-7-9(2)17-14(12(8)13(16)19)18-11-5-3-10(4-6-11)15(20)21/h7,10-11H,3-6H2,1-2H3,(H2,16,19)(H,17,18)(H,20,21). The zero-order valence-corrected chi connectivity index (χ0v) is 12.3. The molecule has 0 bridgehead atoms. The molecule has 1 aromatic heterocycles. The number of aryl methyl sites for hydroxylation is 2. The Labute approximate surface area is 123 Å². The van der Waals surface area contributed by atoms with Crippen LogP contribution in [0.25, 0.3) is 0 Å². The van der Waals surface area contributed by atoms with E-state index in [4.69, 9.17) is 10.8 Å². The molecule has 1 aromatic rings. The number of amides is 1. The minimum atomic E-state index is -0.726. The van der Waals surface area contributed by atoms with Crippen molar-refractivity contribution in [2.45, 2.75) is 45.6 Å². The lowest BCUT2D eigenvalue weighted by molar-refractivity contribution is -0.142. The van der Waals surface area contributed by atoms with E-state index in [2.05, 4.69) is 10.3 Å². The van der Waals surface area contributed by atoms with Crippen molar-refractivity contribution >= 4 is 17.7 Å². The molecule has 1 amide bonds. The fraction of sp³-hybridized carbons (Fsp3) is 0.533. The van der Waals surface area contributed by atoms with E-state index >= 15 is 0 Å². The van der Waals surface area contributed by atoms with Gasteiger partial charge in [0.2, 0.25) is 0 Å². The van der Waals surface area contributed by atoms with Crippen LogP contribution in [-0.2, 0) is 4.79 Å². The lowest BCUT2D eigenvalue weighted by Crippen LogP contribution is -2.30. The zero-order valence-electron chi connectivity index (χ0n) is 12.3. The fourth-order valence-electron chi connectivity index (χ4n) is 2.93. The number of pyridine rings is 1. The molecule has 0 aliphatic heterocycles. The molecular weight excluding hydrogens is 270 g/mol. The third-order valence-electron chi connectivity index (χ3n) is 4.01. The SMILES string of the molecule is Cc1cc(C)c(C(N)=O)c(NC2CCC(C(=O)O)CC2)n1. The first kappa shape index (κ1) is 15.3. The number of aromatic nitrogens is 1. The summed E-state index contributed by atoms with van der Waals surface area (Å²) in [4.78, 5) is 26.9. The predicted molar refractivity (Wildman–Crippen MR) is 79.2 cm³/mol. The van der Waals surface area contributed by atoms with E-state index in [1.54, 1.807) is 0 Å². The number of carboxylic acids is 1. The quantitative estimate of drug-likeness (QED) is 0.785. The molecule has 6 nitrogen and oxygen atoms in total. The first-order chi connectivity index (χ1) is 9.88. The largest absolute Gasteiger partial charge is 0.481 e. The van der Waals surface area contributed by atoms with E-state index in [1.807, 2.05) is 19.9 Å². The van der Waals surface area contributed by atoms with Crippen LogP contribution in [0.5, 0.6) is 0 Å². The molecular formula is C15H21N3O3. The summed E-state index contributed by atoms with van der Waals surface area (Å²) in [6.07, 6.45) is 2.79. The number of hydrogen-bond donors (Lipinski definition) is 3. The van der Waals surface area contributed by atoms with Crippen molar-refractivity contribution in [1.29, 1.82) is 0 Å². The Kier molecular flexibility index (Phi) is 4.45. The van der Waals surface area contributed by atoms with Gasteiger partial charge in [0.25, 0.3) is 5.91 Å². The van der Waals surface area contributed by atoms with Gasteiger partial charge in [-0.05, 0) is 51.2 Å². The highest BCUT2D eigenvalue weighted by Gasteiger charge is 2.27. The number of carboxylic acid groups (broad SMARTS) is 1. The van der Waals surface area contributed by atoms with E-state index in [9.17, 15) is 9.59 Å². The molecule has 0 radical (unpaired) electrons. The van der Waals surface area contributed by atoms with Crippen LogP contribution in [0.4, 0.5) is 5.82 Å². The van der Waals surface area contributed by atoms with Crippen LogP contribution in [-0.4, -0.2) is 28.0 Å². The van der Waals surface area contributed by atoms with Crippen molar-refractivity contribution in [3.8, 4) is 0 Å². The van der Waals surface area contributed by atoms with Gasteiger partial charge in [0.15, 0.2) is 0 Å². The number of aliphatic carboxylic acids is 1. The summed E-state index contributed by atoms with van der Waals surface area (Å²) >= 11 is 0. The maximum absolute atomic E-state index is 11.6. The molecule has 1 aliphatic carbocycles. The Morgan fingerprint density at radius 1 is 1.29 bits per heavy atom. The minimum absolute atomic E-state index is 0.132. The number of nitrogens with one attached hydrogen (secondary N) is 1. The summed E-state index contributed by atoms with van der Waals surface area (Å²) in [5, 5.41) is 12.3.